The molecule has 36 heavy (non-hydrogen) atoms. The zero-order valence-corrected chi connectivity index (χ0v) is 22.9. The first-order chi connectivity index (χ1) is 17.4. The highest BCUT2D eigenvalue weighted by Gasteiger charge is 2.12. The molecule has 0 saturated carbocycles. The summed E-state index contributed by atoms with van der Waals surface area (Å²) in [6.07, 6.45) is 1.47. The molecule has 0 fully saturated rings. The fourth-order valence-electron chi connectivity index (χ4n) is 3.11. The van der Waals surface area contributed by atoms with Gasteiger partial charge in [-0.2, -0.15) is 5.10 Å². The number of carbonyl (C=O) groups excluding carboxylic acids is 2. The number of methoxy groups -OCH3 is 2. The zero-order chi connectivity index (χ0) is 25.9. The Morgan fingerprint density at radius 1 is 0.917 bits per heavy atom. The van der Waals surface area contributed by atoms with Gasteiger partial charge in [-0.05, 0) is 63.5 Å². The number of halogens is 2. The van der Waals surface area contributed by atoms with Crippen LogP contribution in [0.25, 0.3) is 0 Å². The Kier molecular flexibility index (Phi) is 10.3. The van der Waals surface area contributed by atoms with E-state index in [2.05, 4.69) is 47.7 Å². The van der Waals surface area contributed by atoms with Gasteiger partial charge in [-0.15, -0.1) is 0 Å². The lowest BCUT2D eigenvalue weighted by Gasteiger charge is -2.13. The highest BCUT2D eigenvalue weighted by molar-refractivity contribution is 9.10. The van der Waals surface area contributed by atoms with Gasteiger partial charge in [-0.25, -0.2) is 5.43 Å². The van der Waals surface area contributed by atoms with E-state index in [1.165, 1.54) is 13.3 Å². The van der Waals surface area contributed by atoms with Gasteiger partial charge in [-0.1, -0.05) is 40.2 Å². The summed E-state index contributed by atoms with van der Waals surface area (Å²) in [6, 6.07) is 18.4. The van der Waals surface area contributed by atoms with E-state index in [9.17, 15) is 9.59 Å². The second-order valence-electron chi connectivity index (χ2n) is 7.49. The number of anilines is 1. The number of carbonyl (C=O) groups is 2. The van der Waals surface area contributed by atoms with Crippen LogP contribution in [0.5, 0.6) is 17.2 Å². The van der Waals surface area contributed by atoms with Crippen LogP contribution in [0, 0.1) is 0 Å². The topological polar surface area (TPSA) is 98.2 Å². The number of rotatable bonds is 11. The van der Waals surface area contributed by atoms with E-state index >= 15 is 0 Å². The highest BCUT2D eigenvalue weighted by atomic mass is 79.9. The number of amides is 2. The van der Waals surface area contributed by atoms with Gasteiger partial charge in [0.25, 0.3) is 0 Å². The lowest BCUT2D eigenvalue weighted by molar-refractivity contribution is -0.124. The average molecular weight is 619 g/mol. The van der Waals surface area contributed by atoms with Crippen LogP contribution in [0.4, 0.5) is 5.69 Å². The van der Waals surface area contributed by atoms with Gasteiger partial charge < -0.3 is 19.5 Å². The van der Waals surface area contributed by atoms with Gasteiger partial charge >= 0.3 is 0 Å². The highest BCUT2D eigenvalue weighted by Crippen LogP contribution is 2.37. The smallest absolute Gasteiger partial charge is 0.240 e. The Hall–Kier alpha value is -3.37. The minimum atomic E-state index is -0.387. The summed E-state index contributed by atoms with van der Waals surface area (Å²) in [5.74, 6) is 0.934. The van der Waals surface area contributed by atoms with E-state index in [-0.39, 0.29) is 24.7 Å². The van der Waals surface area contributed by atoms with Crippen molar-refractivity contribution in [3.63, 3.8) is 0 Å². The van der Waals surface area contributed by atoms with Crippen molar-refractivity contribution in [3.8, 4) is 17.2 Å². The number of ether oxygens (including phenoxy) is 3. The number of hydrogen-bond donors (Lipinski definition) is 2. The molecule has 0 aromatic heterocycles. The maximum Gasteiger partial charge on any atom is 0.240 e. The molecule has 0 bridgehead atoms. The van der Waals surface area contributed by atoms with E-state index in [0.717, 1.165) is 10.0 Å². The van der Waals surface area contributed by atoms with E-state index < -0.39 is 0 Å². The second kappa shape index (κ2) is 13.6. The van der Waals surface area contributed by atoms with E-state index in [1.807, 2.05) is 24.3 Å². The zero-order valence-electron chi connectivity index (χ0n) is 19.7. The third-order valence-electron chi connectivity index (χ3n) is 4.91. The first-order valence-corrected chi connectivity index (χ1v) is 12.5. The standard InChI is InChI=1S/C26H25Br2N3O5/c1-34-22-6-4-3-5-21(22)30-24(32)11-12-25(33)31-29-15-18-13-20(28)26(23(14-18)35-2)36-16-17-7-9-19(27)10-8-17/h3-10,13-15H,11-12,16H2,1-2H3,(H,30,32)(H,31,33). The number of nitrogens with one attached hydrogen (secondary N) is 2. The SMILES string of the molecule is COc1ccccc1NC(=O)CCC(=O)NN=Cc1cc(Br)c(OCc2ccc(Br)cc2)c(OC)c1. The van der Waals surface area contributed by atoms with Crippen molar-refractivity contribution in [1.82, 2.24) is 5.43 Å². The molecule has 3 aromatic rings. The van der Waals surface area contributed by atoms with Gasteiger partial charge in [0.1, 0.15) is 12.4 Å². The molecule has 0 spiro atoms. The van der Waals surface area contributed by atoms with Crippen molar-refractivity contribution in [2.45, 2.75) is 19.4 Å². The van der Waals surface area contributed by atoms with Gasteiger partial charge in [0.05, 0.1) is 30.6 Å². The molecule has 0 radical (unpaired) electrons. The van der Waals surface area contributed by atoms with Gasteiger partial charge in [0.2, 0.25) is 11.8 Å². The summed E-state index contributed by atoms with van der Waals surface area (Å²) in [6.45, 7) is 0.371. The van der Waals surface area contributed by atoms with Crippen LogP contribution in [-0.4, -0.2) is 32.2 Å². The average Bonchev–Trinajstić information content (AvgIpc) is 2.88. The van der Waals surface area contributed by atoms with Crippen molar-refractivity contribution in [3.05, 3.63) is 80.7 Å². The summed E-state index contributed by atoms with van der Waals surface area (Å²) in [5, 5.41) is 6.71. The fourth-order valence-corrected chi connectivity index (χ4v) is 3.95. The fraction of sp³-hybridized carbons (Fsp3) is 0.192. The number of hydrogen-bond acceptors (Lipinski definition) is 6. The summed E-state index contributed by atoms with van der Waals surface area (Å²) in [4.78, 5) is 24.3. The number of para-hydroxylation sites is 2. The van der Waals surface area contributed by atoms with Crippen molar-refractivity contribution in [2.24, 2.45) is 5.10 Å². The van der Waals surface area contributed by atoms with Gasteiger partial charge in [-0.3, -0.25) is 9.59 Å². The van der Waals surface area contributed by atoms with Crippen molar-refractivity contribution in [2.75, 3.05) is 19.5 Å². The van der Waals surface area contributed by atoms with E-state index in [1.54, 1.807) is 43.5 Å². The molecule has 188 valence electrons. The maximum atomic E-state index is 12.2. The summed E-state index contributed by atoms with van der Waals surface area (Å²) >= 11 is 6.92. The number of nitrogens with zero attached hydrogens (tertiary/aromatic N) is 1. The molecule has 8 nitrogen and oxygen atoms in total. The molecule has 0 aliphatic carbocycles. The van der Waals surface area contributed by atoms with Gasteiger partial charge in [0.15, 0.2) is 11.5 Å². The Bertz CT molecular complexity index is 1230. The first kappa shape index (κ1) is 27.2. The van der Waals surface area contributed by atoms with Crippen LogP contribution in [0.2, 0.25) is 0 Å². The molecular formula is C26H25Br2N3O5. The molecule has 3 aromatic carbocycles. The molecule has 0 saturated heterocycles. The minimum absolute atomic E-state index is 0.00315. The van der Waals surface area contributed by atoms with E-state index in [0.29, 0.717) is 39.6 Å². The molecule has 2 amide bonds. The predicted molar refractivity (Wildman–Crippen MR) is 146 cm³/mol. The van der Waals surface area contributed by atoms with Crippen LogP contribution in [0.3, 0.4) is 0 Å². The minimum Gasteiger partial charge on any atom is -0.495 e. The second-order valence-corrected chi connectivity index (χ2v) is 9.26. The van der Waals surface area contributed by atoms with Crippen molar-refractivity contribution < 1.29 is 23.8 Å². The van der Waals surface area contributed by atoms with Crippen LogP contribution in [0.1, 0.15) is 24.0 Å². The van der Waals surface area contributed by atoms with Crippen molar-refractivity contribution >= 4 is 55.6 Å². The van der Waals surface area contributed by atoms with Crippen LogP contribution >= 0.6 is 31.9 Å². The molecule has 3 rings (SSSR count). The molecule has 0 atom stereocenters. The van der Waals surface area contributed by atoms with Crippen LogP contribution in [0.15, 0.2) is 74.7 Å². The molecule has 2 N–H and O–H groups in total. The molecule has 0 aliphatic rings. The Labute approximate surface area is 226 Å². The largest absolute Gasteiger partial charge is 0.495 e. The normalized spacial score (nSPS) is 10.7. The Balaban J connectivity index is 1.51. The molecule has 0 unspecified atom stereocenters. The summed E-state index contributed by atoms with van der Waals surface area (Å²) in [7, 11) is 3.07. The predicted octanol–water partition coefficient (Wildman–Crippen LogP) is 5.68. The third kappa shape index (κ3) is 8.10. The van der Waals surface area contributed by atoms with Gasteiger partial charge in [0, 0.05) is 17.3 Å². The number of benzene rings is 3. The van der Waals surface area contributed by atoms with E-state index in [4.69, 9.17) is 14.2 Å². The monoisotopic (exact) mass is 617 g/mol. The Morgan fingerprint density at radius 2 is 1.61 bits per heavy atom. The quantitative estimate of drug-likeness (QED) is 0.213. The van der Waals surface area contributed by atoms with Crippen LogP contribution in [-0.2, 0) is 16.2 Å². The third-order valence-corrected chi connectivity index (χ3v) is 6.03. The summed E-state index contributed by atoms with van der Waals surface area (Å²) in [5.41, 5.74) is 4.67. The maximum absolute atomic E-state index is 12.2. The lowest BCUT2D eigenvalue weighted by atomic mass is 10.2. The van der Waals surface area contributed by atoms with Crippen LogP contribution < -0.4 is 25.0 Å². The van der Waals surface area contributed by atoms with Crippen molar-refractivity contribution in [1.29, 1.82) is 0 Å². The molecular weight excluding hydrogens is 594 g/mol. The molecule has 10 heteroatoms. The first-order valence-electron chi connectivity index (χ1n) is 10.9. The summed E-state index contributed by atoms with van der Waals surface area (Å²) < 4.78 is 18.3. The lowest BCUT2D eigenvalue weighted by Crippen LogP contribution is -2.20. The molecule has 0 aliphatic heterocycles. The molecule has 0 heterocycles. The number of hydrazone groups is 1. The Morgan fingerprint density at radius 3 is 2.33 bits per heavy atom.